The highest BCUT2D eigenvalue weighted by atomic mass is 32.2. The number of rotatable bonds is 5. The largest absolute Gasteiger partial charge is 0.507 e. The molecule has 1 N–H and O–H groups in total. The van der Waals surface area contributed by atoms with Gasteiger partial charge in [0.1, 0.15) is 23.7 Å². The van der Waals surface area contributed by atoms with E-state index in [2.05, 4.69) is 9.79 Å². The number of aromatic hydroxyl groups is 1. The Kier molecular flexibility index (Phi) is 5.28. The second-order valence-electron chi connectivity index (χ2n) is 8.23. The average Bonchev–Trinajstić information content (AvgIpc) is 3.16. The maximum Gasteiger partial charge on any atom is 0.415 e. The lowest BCUT2D eigenvalue weighted by molar-refractivity contribution is -0.832. The van der Waals surface area contributed by atoms with Gasteiger partial charge in [0.25, 0.3) is 9.84 Å². The molecule has 1 aliphatic rings. The van der Waals surface area contributed by atoms with E-state index in [4.69, 9.17) is 9.47 Å². The van der Waals surface area contributed by atoms with Crippen LogP contribution in [-0.4, -0.2) is 30.9 Å². The van der Waals surface area contributed by atoms with Crippen molar-refractivity contribution in [1.82, 2.24) is 5.16 Å². The number of aromatic nitrogens is 2. The summed E-state index contributed by atoms with van der Waals surface area (Å²) in [6.07, 6.45) is 1.20. The molecule has 32 heavy (non-hydrogen) atoms. The van der Waals surface area contributed by atoms with Crippen LogP contribution in [0.1, 0.15) is 35.6 Å². The molecular weight excluding hydrogens is 436 g/mol. The first-order chi connectivity index (χ1) is 15.0. The summed E-state index contributed by atoms with van der Waals surface area (Å²) in [6.45, 7) is 7.33. The maximum atomic E-state index is 12.9. The van der Waals surface area contributed by atoms with Gasteiger partial charge in [0.05, 0.1) is 10.1 Å². The molecular formula is C22H24N2O7S. The summed E-state index contributed by atoms with van der Waals surface area (Å²) >= 11 is 0. The van der Waals surface area contributed by atoms with Gasteiger partial charge in [-0.1, -0.05) is 18.2 Å². The van der Waals surface area contributed by atoms with Gasteiger partial charge in [-0.25, -0.2) is 8.42 Å². The Balaban J connectivity index is 1.61. The molecule has 0 aliphatic carbocycles. The number of phenolic OH excluding ortho intramolecular Hbond substituents is 1. The Hall–Kier alpha value is -3.27. The predicted octanol–water partition coefficient (Wildman–Crippen LogP) is 2.93. The molecule has 0 amide bonds. The van der Waals surface area contributed by atoms with E-state index in [-0.39, 0.29) is 22.2 Å². The quantitative estimate of drug-likeness (QED) is 0.576. The van der Waals surface area contributed by atoms with E-state index in [1.54, 1.807) is 18.2 Å². The van der Waals surface area contributed by atoms with Gasteiger partial charge in [0.2, 0.25) is 0 Å². The van der Waals surface area contributed by atoms with Crippen molar-refractivity contribution in [2.75, 3.05) is 6.61 Å². The molecule has 2 aromatic carbocycles. The number of ether oxygens (including phenoxy) is 2. The number of hydrogen-bond acceptors (Lipinski definition) is 8. The van der Waals surface area contributed by atoms with E-state index in [1.807, 2.05) is 27.7 Å². The van der Waals surface area contributed by atoms with Crippen LogP contribution in [-0.2, 0) is 16.3 Å². The first kappa shape index (κ1) is 21.9. The van der Waals surface area contributed by atoms with Gasteiger partial charge in [-0.3, -0.25) is 4.63 Å². The Bertz CT molecular complexity index is 1290. The minimum absolute atomic E-state index is 0.0608. The average molecular weight is 461 g/mol. The first-order valence-electron chi connectivity index (χ1n) is 10.1. The van der Waals surface area contributed by atoms with Crippen molar-refractivity contribution < 1.29 is 32.5 Å². The zero-order chi connectivity index (χ0) is 23.3. The Morgan fingerprint density at radius 2 is 1.88 bits per heavy atom. The Morgan fingerprint density at radius 1 is 1.19 bits per heavy atom. The summed E-state index contributed by atoms with van der Waals surface area (Å²) in [6, 6.07) is 7.51. The van der Waals surface area contributed by atoms with Crippen LogP contribution in [0.15, 0.2) is 44.9 Å². The summed E-state index contributed by atoms with van der Waals surface area (Å²) in [5, 5.41) is 25.2. The predicted molar refractivity (Wildman–Crippen MR) is 113 cm³/mol. The molecule has 170 valence electrons. The van der Waals surface area contributed by atoms with Crippen molar-refractivity contribution in [3.63, 3.8) is 0 Å². The van der Waals surface area contributed by atoms with Gasteiger partial charge in [-0.15, -0.1) is 0 Å². The Labute approximate surface area is 185 Å². The third-order valence-electron chi connectivity index (χ3n) is 5.96. The van der Waals surface area contributed by atoms with E-state index in [0.717, 1.165) is 22.3 Å². The molecule has 0 bridgehead atoms. The molecule has 1 unspecified atom stereocenters. The highest BCUT2D eigenvalue weighted by Gasteiger charge is 2.40. The molecule has 2 heterocycles. The first-order valence-corrected chi connectivity index (χ1v) is 11.6. The molecule has 0 fully saturated rings. The molecule has 0 saturated carbocycles. The van der Waals surface area contributed by atoms with Crippen molar-refractivity contribution in [1.29, 1.82) is 0 Å². The van der Waals surface area contributed by atoms with Crippen LogP contribution in [0.5, 0.6) is 17.4 Å². The molecule has 1 aliphatic heterocycles. The highest BCUT2D eigenvalue weighted by Crippen LogP contribution is 2.43. The van der Waals surface area contributed by atoms with Crippen molar-refractivity contribution in [3.8, 4) is 17.4 Å². The number of hydrogen-bond donors (Lipinski definition) is 1. The summed E-state index contributed by atoms with van der Waals surface area (Å²) in [4.78, 5) is -0.246. The fourth-order valence-electron chi connectivity index (χ4n) is 3.86. The van der Waals surface area contributed by atoms with Crippen molar-refractivity contribution in [2.24, 2.45) is 0 Å². The van der Waals surface area contributed by atoms with E-state index < -0.39 is 26.3 Å². The molecule has 10 heteroatoms. The van der Waals surface area contributed by atoms with Gasteiger partial charge in [-0.2, -0.15) is 0 Å². The number of fused-ring (bicyclic) bond motifs is 1. The molecule has 1 aromatic heterocycles. The van der Waals surface area contributed by atoms with E-state index >= 15 is 0 Å². The van der Waals surface area contributed by atoms with Crippen LogP contribution >= 0.6 is 0 Å². The van der Waals surface area contributed by atoms with Gasteiger partial charge in [0.15, 0.2) is 0 Å². The minimum Gasteiger partial charge on any atom is -0.507 e. The molecule has 0 radical (unpaired) electrons. The number of nitrogens with zero attached hydrogens (tertiary/aromatic N) is 2. The van der Waals surface area contributed by atoms with Gasteiger partial charge < -0.3 is 19.8 Å². The fourth-order valence-corrected chi connectivity index (χ4v) is 5.15. The summed E-state index contributed by atoms with van der Waals surface area (Å²) < 4.78 is 42.3. The summed E-state index contributed by atoms with van der Waals surface area (Å²) in [5.74, 6) is 0.531. The number of sulfone groups is 1. The lowest BCUT2D eigenvalue weighted by atomic mass is 9.87. The summed E-state index contributed by atoms with van der Waals surface area (Å²) in [5.41, 5.74) is 2.49. The van der Waals surface area contributed by atoms with Crippen molar-refractivity contribution in [2.45, 2.75) is 56.1 Å². The third-order valence-corrected chi connectivity index (χ3v) is 7.69. The van der Waals surface area contributed by atoms with Crippen molar-refractivity contribution >= 4 is 9.84 Å². The summed E-state index contributed by atoms with van der Waals surface area (Å²) in [7, 11) is -4.20. The lowest BCUT2D eigenvalue weighted by Crippen LogP contribution is -2.43. The standard InChI is InChI=1S/C22H24N2O7S/c1-13-14(2)19-17(15(3)18(13)25)10-11-22(4,30-19)12-29-20-21(24(26)31-23-20)32(27,28)16-8-6-5-7-9-16/h5-9,25H,10-12H2,1-4H3. The van der Waals surface area contributed by atoms with Crippen LogP contribution < -0.4 is 14.4 Å². The minimum atomic E-state index is -4.20. The van der Waals surface area contributed by atoms with Gasteiger partial charge >= 0.3 is 10.9 Å². The highest BCUT2D eigenvalue weighted by molar-refractivity contribution is 7.91. The molecule has 9 nitrogen and oxygen atoms in total. The van der Waals surface area contributed by atoms with Crippen molar-refractivity contribution in [3.05, 3.63) is 57.8 Å². The normalized spacial score (nSPS) is 18.1. The van der Waals surface area contributed by atoms with Crippen LogP contribution in [0.3, 0.4) is 0 Å². The molecule has 4 rings (SSSR count). The SMILES string of the molecule is Cc1c(C)c2c(c(C)c1O)CCC(C)(COc1no[n+]([O-])c1S(=O)(=O)c1ccccc1)O2. The van der Waals surface area contributed by atoms with E-state index in [0.29, 0.717) is 18.6 Å². The second kappa shape index (κ2) is 7.70. The van der Waals surface area contributed by atoms with Gasteiger partial charge in [-0.05, 0) is 74.3 Å². The van der Waals surface area contributed by atoms with Crippen LogP contribution in [0.2, 0.25) is 0 Å². The van der Waals surface area contributed by atoms with Gasteiger partial charge in [0, 0.05) is 5.56 Å². The van der Waals surface area contributed by atoms with Crippen LogP contribution in [0, 0.1) is 26.0 Å². The monoisotopic (exact) mass is 460 g/mol. The lowest BCUT2D eigenvalue weighted by Gasteiger charge is -2.37. The maximum absolute atomic E-state index is 12.9. The fraction of sp³-hybridized carbons (Fsp3) is 0.364. The second-order valence-corrected chi connectivity index (χ2v) is 10.1. The topological polar surface area (TPSA) is 126 Å². The molecule has 0 saturated heterocycles. The third kappa shape index (κ3) is 3.54. The van der Waals surface area contributed by atoms with Crippen LogP contribution in [0.4, 0.5) is 0 Å². The molecule has 0 spiro atoms. The van der Waals surface area contributed by atoms with E-state index in [9.17, 15) is 18.7 Å². The molecule has 1 atom stereocenters. The number of benzene rings is 2. The zero-order valence-electron chi connectivity index (χ0n) is 18.2. The smallest absolute Gasteiger partial charge is 0.415 e. The molecule has 3 aromatic rings. The number of phenols is 1. The van der Waals surface area contributed by atoms with E-state index in [1.165, 1.54) is 12.1 Å². The van der Waals surface area contributed by atoms with Crippen LogP contribution in [0.25, 0.3) is 0 Å². The Morgan fingerprint density at radius 3 is 2.56 bits per heavy atom. The zero-order valence-corrected chi connectivity index (χ0v) is 19.0.